The lowest BCUT2D eigenvalue weighted by Crippen LogP contribution is -2.21. The lowest BCUT2D eigenvalue weighted by molar-refractivity contribution is -0.116. The van der Waals surface area contributed by atoms with E-state index in [4.69, 9.17) is 0 Å². The molecule has 25 heavy (non-hydrogen) atoms. The number of amides is 1. The number of aryl methyl sites for hydroxylation is 2. The van der Waals surface area contributed by atoms with Crippen LogP contribution in [0.15, 0.2) is 36.5 Å². The Kier molecular flexibility index (Phi) is 4.65. The summed E-state index contributed by atoms with van der Waals surface area (Å²) in [6, 6.07) is 8.26. The first-order valence-electron chi connectivity index (χ1n) is 8.01. The zero-order valence-corrected chi connectivity index (χ0v) is 14.5. The van der Waals surface area contributed by atoms with Crippen molar-refractivity contribution in [3.63, 3.8) is 0 Å². The minimum atomic E-state index is -0.276. The van der Waals surface area contributed by atoms with Gasteiger partial charge in [0.25, 0.3) is 0 Å². The first kappa shape index (κ1) is 16.9. The molecule has 0 fully saturated rings. The third-order valence-corrected chi connectivity index (χ3v) is 4.09. The van der Waals surface area contributed by atoms with E-state index in [-0.39, 0.29) is 18.3 Å². The molecule has 0 saturated heterocycles. The van der Waals surface area contributed by atoms with Crippen molar-refractivity contribution in [2.45, 2.75) is 33.9 Å². The summed E-state index contributed by atoms with van der Waals surface area (Å²) in [5.74, 6) is -0.439. The second-order valence-corrected chi connectivity index (χ2v) is 6.01. The minimum absolute atomic E-state index is 0.146. The summed E-state index contributed by atoms with van der Waals surface area (Å²) >= 11 is 0. The van der Waals surface area contributed by atoms with Gasteiger partial charge in [-0.15, -0.1) is 0 Å². The molecule has 0 bridgehead atoms. The van der Waals surface area contributed by atoms with Gasteiger partial charge in [0.15, 0.2) is 0 Å². The summed E-state index contributed by atoms with van der Waals surface area (Å²) in [6.45, 7) is 6.21. The number of carbonyl (C=O) groups excluding carboxylic acids is 1. The summed E-state index contributed by atoms with van der Waals surface area (Å²) in [7, 11) is 0. The number of hydrogen-bond donors (Lipinski definition) is 1. The van der Waals surface area contributed by atoms with Crippen LogP contribution in [0.25, 0.3) is 0 Å². The average Bonchev–Trinajstić information content (AvgIpc) is 3.06. The van der Waals surface area contributed by atoms with E-state index >= 15 is 0 Å². The number of halogens is 1. The van der Waals surface area contributed by atoms with E-state index in [9.17, 15) is 9.18 Å². The van der Waals surface area contributed by atoms with E-state index in [1.54, 1.807) is 21.6 Å². The van der Waals surface area contributed by atoms with Crippen molar-refractivity contribution in [1.29, 1.82) is 0 Å². The molecular formula is C18H20FN5O. The summed E-state index contributed by atoms with van der Waals surface area (Å²) in [6.07, 6.45) is 1.66. The van der Waals surface area contributed by atoms with Gasteiger partial charge in [-0.3, -0.25) is 14.2 Å². The Morgan fingerprint density at radius 3 is 2.68 bits per heavy atom. The highest BCUT2D eigenvalue weighted by Gasteiger charge is 2.15. The van der Waals surface area contributed by atoms with Gasteiger partial charge in [0.1, 0.15) is 12.4 Å². The lowest BCUT2D eigenvalue weighted by Gasteiger charge is -2.08. The summed E-state index contributed by atoms with van der Waals surface area (Å²) in [5, 5.41) is 11.5. The fourth-order valence-corrected chi connectivity index (χ4v) is 2.72. The molecule has 0 spiro atoms. The topological polar surface area (TPSA) is 64.7 Å². The summed E-state index contributed by atoms with van der Waals surface area (Å²) in [4.78, 5) is 12.3. The maximum absolute atomic E-state index is 13.3. The fourth-order valence-electron chi connectivity index (χ4n) is 2.72. The predicted molar refractivity (Wildman–Crippen MR) is 92.8 cm³/mol. The van der Waals surface area contributed by atoms with Crippen LogP contribution in [0, 0.1) is 26.6 Å². The molecule has 0 unspecified atom stereocenters. The van der Waals surface area contributed by atoms with Gasteiger partial charge in [-0.2, -0.15) is 10.2 Å². The van der Waals surface area contributed by atoms with Gasteiger partial charge < -0.3 is 5.32 Å². The molecule has 0 aliphatic heterocycles. The molecule has 0 saturated carbocycles. The highest BCUT2D eigenvalue weighted by Crippen LogP contribution is 2.20. The molecule has 0 aliphatic rings. The van der Waals surface area contributed by atoms with Crippen LogP contribution in [0.3, 0.4) is 0 Å². The Morgan fingerprint density at radius 2 is 2.00 bits per heavy atom. The number of rotatable bonds is 5. The monoisotopic (exact) mass is 341 g/mol. The Hall–Kier alpha value is -2.96. The Balaban J connectivity index is 1.75. The van der Waals surface area contributed by atoms with E-state index in [0.717, 1.165) is 22.6 Å². The minimum Gasteiger partial charge on any atom is -0.321 e. The Bertz CT molecular complexity index is 912. The quantitative estimate of drug-likeness (QED) is 0.776. The van der Waals surface area contributed by atoms with Crippen molar-refractivity contribution in [3.05, 3.63) is 65.0 Å². The van der Waals surface area contributed by atoms with E-state index in [1.165, 1.54) is 12.1 Å². The maximum Gasteiger partial charge on any atom is 0.246 e. The van der Waals surface area contributed by atoms with Crippen LogP contribution < -0.4 is 5.32 Å². The van der Waals surface area contributed by atoms with E-state index in [1.807, 2.05) is 32.9 Å². The molecule has 0 aliphatic carbocycles. The third kappa shape index (κ3) is 3.76. The summed E-state index contributed by atoms with van der Waals surface area (Å²) in [5.41, 5.74) is 3.97. The van der Waals surface area contributed by atoms with Crippen molar-refractivity contribution >= 4 is 11.6 Å². The molecule has 3 rings (SSSR count). The van der Waals surface area contributed by atoms with E-state index in [2.05, 4.69) is 15.5 Å². The Morgan fingerprint density at radius 1 is 1.20 bits per heavy atom. The van der Waals surface area contributed by atoms with Crippen LogP contribution >= 0.6 is 0 Å². The standard InChI is InChI=1S/C18H20FN5O/c1-12-7-8-20-23(12)11-17(25)21-18-13(2)22-24(14(18)3)10-15-5-4-6-16(19)9-15/h4-9H,10-11H2,1-3H3,(H,21,25). The molecule has 2 heterocycles. The van der Waals surface area contributed by atoms with Crippen LogP contribution in [0.4, 0.5) is 10.1 Å². The largest absolute Gasteiger partial charge is 0.321 e. The molecule has 130 valence electrons. The number of aromatic nitrogens is 4. The van der Waals surface area contributed by atoms with Crippen LogP contribution in [-0.2, 0) is 17.9 Å². The van der Waals surface area contributed by atoms with Gasteiger partial charge in [0.2, 0.25) is 5.91 Å². The summed E-state index contributed by atoms with van der Waals surface area (Å²) < 4.78 is 16.7. The van der Waals surface area contributed by atoms with Gasteiger partial charge in [-0.25, -0.2) is 4.39 Å². The molecule has 1 N–H and O–H groups in total. The van der Waals surface area contributed by atoms with E-state index < -0.39 is 0 Å². The van der Waals surface area contributed by atoms with Crippen molar-refractivity contribution in [3.8, 4) is 0 Å². The number of hydrogen-bond acceptors (Lipinski definition) is 3. The van der Waals surface area contributed by atoms with Crippen molar-refractivity contribution < 1.29 is 9.18 Å². The fraction of sp³-hybridized carbons (Fsp3) is 0.278. The molecular weight excluding hydrogens is 321 g/mol. The lowest BCUT2D eigenvalue weighted by atomic mass is 10.2. The van der Waals surface area contributed by atoms with Crippen LogP contribution in [0.2, 0.25) is 0 Å². The maximum atomic E-state index is 13.3. The smallest absolute Gasteiger partial charge is 0.246 e. The normalized spacial score (nSPS) is 10.9. The first-order chi connectivity index (χ1) is 11.9. The van der Waals surface area contributed by atoms with Gasteiger partial charge in [0.05, 0.1) is 23.6 Å². The van der Waals surface area contributed by atoms with Crippen LogP contribution in [0.1, 0.15) is 22.6 Å². The molecule has 3 aromatic rings. The van der Waals surface area contributed by atoms with E-state index in [0.29, 0.717) is 12.2 Å². The van der Waals surface area contributed by atoms with Gasteiger partial charge in [-0.05, 0) is 44.5 Å². The molecule has 7 heteroatoms. The van der Waals surface area contributed by atoms with Crippen molar-refractivity contribution in [2.75, 3.05) is 5.32 Å². The molecule has 6 nitrogen and oxygen atoms in total. The van der Waals surface area contributed by atoms with Gasteiger partial charge >= 0.3 is 0 Å². The Labute approximate surface area is 145 Å². The number of anilines is 1. The number of carbonyl (C=O) groups is 1. The van der Waals surface area contributed by atoms with Crippen molar-refractivity contribution in [2.24, 2.45) is 0 Å². The molecule has 1 amide bonds. The number of nitrogens with one attached hydrogen (secondary N) is 1. The van der Waals surface area contributed by atoms with Crippen LogP contribution in [0.5, 0.6) is 0 Å². The first-order valence-corrected chi connectivity index (χ1v) is 8.01. The molecule has 0 atom stereocenters. The SMILES string of the molecule is Cc1nn(Cc2cccc(F)c2)c(C)c1NC(=O)Cn1nccc1C. The van der Waals surface area contributed by atoms with Crippen molar-refractivity contribution in [1.82, 2.24) is 19.6 Å². The zero-order chi connectivity index (χ0) is 18.0. The highest BCUT2D eigenvalue weighted by molar-refractivity contribution is 5.91. The number of nitrogens with zero attached hydrogens (tertiary/aromatic N) is 4. The average molecular weight is 341 g/mol. The second kappa shape index (κ2) is 6.88. The predicted octanol–water partition coefficient (Wildman–Crippen LogP) is 2.83. The number of benzene rings is 1. The zero-order valence-electron chi connectivity index (χ0n) is 14.5. The molecule has 2 aromatic heterocycles. The molecule has 1 aromatic carbocycles. The van der Waals surface area contributed by atoms with Crippen LogP contribution in [-0.4, -0.2) is 25.5 Å². The second-order valence-electron chi connectivity index (χ2n) is 6.01. The third-order valence-electron chi connectivity index (χ3n) is 4.09. The molecule has 0 radical (unpaired) electrons. The highest BCUT2D eigenvalue weighted by atomic mass is 19.1. The van der Waals surface area contributed by atoms with Gasteiger partial charge in [0, 0.05) is 11.9 Å². The van der Waals surface area contributed by atoms with Gasteiger partial charge in [-0.1, -0.05) is 12.1 Å².